The molecule has 0 aromatic heterocycles. The molecule has 1 spiro atoms. The van der Waals surface area contributed by atoms with Crippen molar-refractivity contribution >= 4 is 17.9 Å². The van der Waals surface area contributed by atoms with Crippen molar-refractivity contribution in [1.29, 1.82) is 0 Å². The third kappa shape index (κ3) is 7.91. The molecule has 0 amide bonds. The summed E-state index contributed by atoms with van der Waals surface area (Å²) < 4.78 is 48.6. The van der Waals surface area contributed by atoms with Crippen molar-refractivity contribution in [2.75, 3.05) is 13.2 Å². The van der Waals surface area contributed by atoms with Gasteiger partial charge in [0, 0.05) is 30.6 Å². The van der Waals surface area contributed by atoms with E-state index in [2.05, 4.69) is 40.7 Å². The second-order valence-corrected chi connectivity index (χ2v) is 24.1. The molecule has 4 aliphatic heterocycles. The fourth-order valence-electron chi connectivity index (χ4n) is 15.9. The van der Waals surface area contributed by atoms with Crippen LogP contribution in [0.2, 0.25) is 0 Å². The van der Waals surface area contributed by atoms with Gasteiger partial charge in [0.1, 0.15) is 73.2 Å². The minimum absolute atomic E-state index is 0.00404. The minimum atomic E-state index is -2.07. The largest absolute Gasteiger partial charge is 0.479 e. The van der Waals surface area contributed by atoms with E-state index in [0.717, 1.165) is 19.3 Å². The van der Waals surface area contributed by atoms with Gasteiger partial charge in [0.25, 0.3) is 0 Å². The SMILES string of the molecule is CC(=O)O[C@H]1C[C@@]23C[C@@H](OC2=O)[C@]2(C)C(=CC[C@@H]4[C@@]5(C)CC[C@H](O[C@@H]6O[C@H](C(=O)O)[C@@H](O)[C@H](O)[C@H]6O[C@@H]6O[C@H](CO)[C@@H](O)[C@H](O)[C@H]6O[C@@H]6O[C@@H](C)[C@H](O)[C@@H](O)[C@H]6O)C(C)(C)[C@@H]5CC[C@]42C)[C@@H]3C[C@@]1(C)CO. The zero-order valence-electron chi connectivity index (χ0n) is 41.7. The molecule has 0 unspecified atom stereocenters. The number of aliphatic carboxylic acids is 1. The molecule has 2 bridgehead atoms. The second-order valence-electron chi connectivity index (χ2n) is 24.1. The number of carboxylic acid groups (broad SMARTS) is 1. The van der Waals surface area contributed by atoms with Gasteiger partial charge >= 0.3 is 17.9 Å². The summed E-state index contributed by atoms with van der Waals surface area (Å²) in [7, 11) is 0. The van der Waals surface area contributed by atoms with Crippen molar-refractivity contribution < 1.29 is 103 Å². The highest BCUT2D eigenvalue weighted by molar-refractivity contribution is 5.82. The summed E-state index contributed by atoms with van der Waals surface area (Å²) in [4.78, 5) is 39.1. The maximum atomic E-state index is 14.3. The quantitative estimate of drug-likeness (QED) is 0.0769. The predicted molar refractivity (Wildman–Crippen MR) is 240 cm³/mol. The van der Waals surface area contributed by atoms with Crippen molar-refractivity contribution in [3.63, 3.8) is 0 Å². The van der Waals surface area contributed by atoms with Crippen LogP contribution in [-0.2, 0) is 52.3 Å². The van der Waals surface area contributed by atoms with Gasteiger partial charge in [-0.25, -0.2) is 4.79 Å². The number of carbonyl (C=O) groups excluding carboxylic acids is 2. The first-order valence-corrected chi connectivity index (χ1v) is 25.4. The second kappa shape index (κ2) is 18.4. The molecule has 8 fully saturated rings. The van der Waals surface area contributed by atoms with Gasteiger partial charge in [-0.2, -0.15) is 0 Å². The van der Waals surface area contributed by atoms with Gasteiger partial charge in [0.05, 0.1) is 30.8 Å². The average Bonchev–Trinajstić information content (AvgIpc) is 3.61. The van der Waals surface area contributed by atoms with Crippen LogP contribution in [-0.4, -0.2) is 193 Å². The maximum absolute atomic E-state index is 14.3. The molecule has 9 rings (SSSR count). The number of rotatable bonds is 10. The Morgan fingerprint density at radius 2 is 1.37 bits per heavy atom. The summed E-state index contributed by atoms with van der Waals surface area (Å²) >= 11 is 0. The first-order chi connectivity index (χ1) is 33.1. The molecule has 5 aliphatic carbocycles. The highest BCUT2D eigenvalue weighted by Gasteiger charge is 2.76. The first kappa shape index (κ1) is 53.4. The van der Waals surface area contributed by atoms with Gasteiger partial charge in [0.15, 0.2) is 25.0 Å². The van der Waals surface area contributed by atoms with E-state index in [9.17, 15) is 65.4 Å². The summed E-state index contributed by atoms with van der Waals surface area (Å²) in [6.07, 6.45) is -21.2. The fourth-order valence-corrected chi connectivity index (χ4v) is 15.9. The van der Waals surface area contributed by atoms with Crippen LogP contribution < -0.4 is 0 Å². The summed E-state index contributed by atoms with van der Waals surface area (Å²) in [6, 6.07) is 0. The van der Waals surface area contributed by atoms with Crippen LogP contribution in [0.3, 0.4) is 0 Å². The van der Waals surface area contributed by atoms with Crippen LogP contribution >= 0.6 is 0 Å². The number of carbonyl (C=O) groups is 3. The van der Waals surface area contributed by atoms with Crippen molar-refractivity contribution in [3.8, 4) is 0 Å². The first-order valence-electron chi connectivity index (χ1n) is 25.4. The lowest BCUT2D eigenvalue weighted by atomic mass is 9.33. The third-order valence-electron chi connectivity index (χ3n) is 20.2. The molecular formula is C50H76O21. The van der Waals surface area contributed by atoms with Gasteiger partial charge < -0.3 is 89.0 Å². The molecule has 402 valence electrons. The molecule has 10 N–H and O–H groups in total. The van der Waals surface area contributed by atoms with Crippen molar-refractivity contribution in [2.45, 2.75) is 217 Å². The Hall–Kier alpha value is -2.45. The van der Waals surface area contributed by atoms with Gasteiger partial charge in [-0.3, -0.25) is 9.59 Å². The number of carboxylic acids is 1. The molecule has 4 saturated heterocycles. The summed E-state index contributed by atoms with van der Waals surface area (Å²) in [5, 5.41) is 108. The zero-order valence-corrected chi connectivity index (χ0v) is 41.7. The van der Waals surface area contributed by atoms with E-state index in [1.807, 2.05) is 6.92 Å². The lowest BCUT2D eigenvalue weighted by Gasteiger charge is -2.71. The molecular weight excluding hydrogens is 937 g/mol. The Balaban J connectivity index is 0.991. The summed E-state index contributed by atoms with van der Waals surface area (Å²) in [5.74, 6) is -2.45. The van der Waals surface area contributed by atoms with E-state index in [4.69, 9.17) is 37.9 Å². The standard InChI is InChI=1S/C50H76O21/c1-20-30(54)32(56)36(60)41(64-20)70-38-33(57)31(55)24(18-51)66-42(38)71-39-35(59)34(58)37(40(61)62)69-43(39)67-27-12-13-47(6)25(45(27,3)4)11-14-48(7)26(47)10-9-22-23-15-46(5,19-52)28(65-21(2)53)16-50(23)17-29(49(22,48)8)68-44(50)63/h9,20,23-39,41-43,51-52,54-60H,10-19H2,1-8H3,(H,61,62)/t20-,23-,24+,25-,26+,27-,28-,29+,30-,31+,32+,33-,34-,35-,36+,37-,38+,39+,41-,42-,43+,46-,47-,48+,49-,50-/m0/s1. The number of esters is 2. The van der Waals surface area contributed by atoms with Crippen LogP contribution in [0.1, 0.15) is 107 Å². The topological polar surface area (TPSA) is 327 Å². The maximum Gasteiger partial charge on any atom is 0.335 e. The number of hydrogen-bond acceptors (Lipinski definition) is 20. The van der Waals surface area contributed by atoms with E-state index in [-0.39, 0.29) is 47.6 Å². The van der Waals surface area contributed by atoms with Crippen molar-refractivity contribution in [2.24, 2.45) is 50.2 Å². The van der Waals surface area contributed by atoms with E-state index < -0.39 is 151 Å². The molecule has 71 heavy (non-hydrogen) atoms. The zero-order chi connectivity index (χ0) is 51.9. The number of allylic oxidation sites excluding steroid dienone is 1. The molecule has 0 radical (unpaired) electrons. The lowest BCUT2D eigenvalue weighted by molar-refractivity contribution is -0.395. The van der Waals surface area contributed by atoms with Gasteiger partial charge in [-0.05, 0) is 79.4 Å². The highest BCUT2D eigenvalue weighted by Crippen LogP contribution is 2.77. The Morgan fingerprint density at radius 3 is 2.00 bits per heavy atom. The van der Waals surface area contributed by atoms with E-state index in [1.54, 1.807) is 0 Å². The van der Waals surface area contributed by atoms with Crippen LogP contribution in [0.25, 0.3) is 0 Å². The normalized spacial score (nSPS) is 54.3. The number of hydrogen-bond donors (Lipinski definition) is 10. The monoisotopic (exact) mass is 1010 g/mol. The minimum Gasteiger partial charge on any atom is -0.479 e. The molecule has 9 aliphatic rings. The molecule has 21 nitrogen and oxygen atoms in total. The number of fused-ring (bicyclic) bond motifs is 8. The average molecular weight is 1010 g/mol. The van der Waals surface area contributed by atoms with Gasteiger partial charge in [0.2, 0.25) is 0 Å². The highest BCUT2D eigenvalue weighted by atomic mass is 16.8. The Labute approximate surface area is 412 Å². The van der Waals surface area contributed by atoms with Crippen LogP contribution in [0, 0.1) is 50.2 Å². The Kier molecular flexibility index (Phi) is 13.8. The van der Waals surface area contributed by atoms with Crippen molar-refractivity contribution in [3.05, 3.63) is 11.6 Å². The summed E-state index contributed by atoms with van der Waals surface area (Å²) in [5.41, 5.74) is -2.35. The van der Waals surface area contributed by atoms with Crippen LogP contribution in [0.15, 0.2) is 11.6 Å². The smallest absolute Gasteiger partial charge is 0.335 e. The Bertz CT molecular complexity index is 2090. The number of aliphatic hydroxyl groups excluding tert-OH is 9. The van der Waals surface area contributed by atoms with Crippen LogP contribution in [0.5, 0.6) is 0 Å². The molecule has 4 heterocycles. The summed E-state index contributed by atoms with van der Waals surface area (Å²) in [6.45, 7) is 14.7. The Morgan fingerprint density at radius 1 is 0.718 bits per heavy atom. The molecule has 0 aromatic rings. The van der Waals surface area contributed by atoms with Crippen LogP contribution in [0.4, 0.5) is 0 Å². The van der Waals surface area contributed by atoms with E-state index in [0.29, 0.717) is 25.7 Å². The fraction of sp³-hybridized carbons (Fsp3) is 0.900. The van der Waals surface area contributed by atoms with E-state index >= 15 is 0 Å². The number of ether oxygens (including phenoxy) is 8. The predicted octanol–water partition coefficient (Wildman–Crippen LogP) is -0.209. The van der Waals surface area contributed by atoms with Crippen molar-refractivity contribution in [1.82, 2.24) is 0 Å². The third-order valence-corrected chi connectivity index (χ3v) is 20.2. The molecule has 26 atom stereocenters. The van der Waals surface area contributed by atoms with E-state index in [1.165, 1.54) is 19.4 Å². The number of aliphatic hydroxyl groups is 9. The van der Waals surface area contributed by atoms with Gasteiger partial charge in [-0.1, -0.05) is 53.2 Å². The van der Waals surface area contributed by atoms with Gasteiger partial charge in [-0.15, -0.1) is 0 Å². The molecule has 21 heteroatoms. The molecule has 4 saturated carbocycles. The molecule has 0 aromatic carbocycles. The lowest BCUT2D eigenvalue weighted by Crippen LogP contribution is -2.68.